The lowest BCUT2D eigenvalue weighted by Crippen LogP contribution is -2.57. The lowest BCUT2D eigenvalue weighted by Gasteiger charge is -2.48. The Morgan fingerprint density at radius 1 is 1.21 bits per heavy atom. The maximum absolute atomic E-state index is 6.26. The Bertz CT molecular complexity index is 357. The van der Waals surface area contributed by atoms with Gasteiger partial charge >= 0.3 is 0 Å². The van der Waals surface area contributed by atoms with E-state index in [2.05, 4.69) is 23.7 Å². The molecule has 2 fully saturated rings. The number of aliphatic imine (C=N–C) groups is 1. The first-order chi connectivity index (χ1) is 9.12. The molecule has 1 aliphatic heterocycles. The number of nitrogens with two attached hydrogens (primary N) is 1. The van der Waals surface area contributed by atoms with E-state index >= 15 is 0 Å². The molecule has 19 heavy (non-hydrogen) atoms. The molecule has 1 heterocycles. The smallest absolute Gasteiger partial charge is 0.192 e. The lowest BCUT2D eigenvalue weighted by molar-refractivity contribution is 0.0639. The second kappa shape index (κ2) is 4.99. The minimum Gasteiger partial charge on any atom is -0.370 e. The third kappa shape index (κ3) is 2.25. The van der Waals surface area contributed by atoms with Crippen LogP contribution in [0.3, 0.4) is 0 Å². The first-order valence-electron chi connectivity index (χ1n) is 8.22. The van der Waals surface area contributed by atoms with Crippen LogP contribution in [0.1, 0.15) is 65.2 Å². The molecular weight excluding hydrogens is 234 g/mol. The van der Waals surface area contributed by atoms with Gasteiger partial charge in [-0.05, 0) is 37.5 Å². The monoisotopic (exact) mass is 263 g/mol. The Hall–Kier alpha value is -0.730. The van der Waals surface area contributed by atoms with Crippen molar-refractivity contribution in [3.05, 3.63) is 0 Å². The number of guanidine groups is 1. The van der Waals surface area contributed by atoms with E-state index in [1.54, 1.807) is 0 Å². The van der Waals surface area contributed by atoms with E-state index in [9.17, 15) is 0 Å². The molecule has 0 aromatic heterocycles. The highest BCUT2D eigenvalue weighted by atomic mass is 15.4. The molecule has 2 N–H and O–H groups in total. The summed E-state index contributed by atoms with van der Waals surface area (Å²) in [5, 5.41) is 0. The van der Waals surface area contributed by atoms with Gasteiger partial charge in [-0.25, -0.2) is 0 Å². The second-order valence-corrected chi connectivity index (χ2v) is 7.31. The topological polar surface area (TPSA) is 41.6 Å². The summed E-state index contributed by atoms with van der Waals surface area (Å²) in [5.74, 6) is 2.50. The van der Waals surface area contributed by atoms with Crippen molar-refractivity contribution in [2.75, 3.05) is 6.54 Å². The molecule has 108 valence electrons. The van der Waals surface area contributed by atoms with E-state index in [0.717, 1.165) is 24.3 Å². The van der Waals surface area contributed by atoms with Gasteiger partial charge in [-0.15, -0.1) is 0 Å². The molecule has 0 aromatic carbocycles. The molecule has 2 unspecified atom stereocenters. The molecule has 3 rings (SSSR count). The maximum Gasteiger partial charge on any atom is 0.192 e. The van der Waals surface area contributed by atoms with Crippen molar-refractivity contribution in [1.29, 1.82) is 0 Å². The second-order valence-electron chi connectivity index (χ2n) is 7.31. The predicted molar refractivity (Wildman–Crippen MR) is 80.1 cm³/mol. The van der Waals surface area contributed by atoms with E-state index in [4.69, 9.17) is 5.73 Å². The Morgan fingerprint density at radius 2 is 1.95 bits per heavy atom. The third-order valence-corrected chi connectivity index (χ3v) is 5.79. The molecule has 2 atom stereocenters. The third-order valence-electron chi connectivity index (χ3n) is 5.79. The highest BCUT2D eigenvalue weighted by Crippen LogP contribution is 2.44. The summed E-state index contributed by atoms with van der Waals surface area (Å²) in [6.07, 6.45) is 10.8. The maximum atomic E-state index is 6.26. The molecule has 3 heteroatoms. The van der Waals surface area contributed by atoms with Crippen LogP contribution in [0.5, 0.6) is 0 Å². The zero-order valence-electron chi connectivity index (χ0n) is 12.6. The SMILES string of the molecule is CC(C)C1CCCC2(CN=C(N)N2C2CCCC2)C1. The summed E-state index contributed by atoms with van der Waals surface area (Å²) in [4.78, 5) is 7.22. The zero-order valence-corrected chi connectivity index (χ0v) is 12.6. The summed E-state index contributed by atoms with van der Waals surface area (Å²) in [6.45, 7) is 5.71. The van der Waals surface area contributed by atoms with Gasteiger partial charge in [-0.1, -0.05) is 39.5 Å². The van der Waals surface area contributed by atoms with Gasteiger partial charge in [0.1, 0.15) is 0 Å². The zero-order chi connectivity index (χ0) is 13.5. The lowest BCUT2D eigenvalue weighted by atomic mass is 9.71. The van der Waals surface area contributed by atoms with Crippen molar-refractivity contribution < 1.29 is 0 Å². The number of rotatable bonds is 2. The van der Waals surface area contributed by atoms with Crippen LogP contribution >= 0.6 is 0 Å². The van der Waals surface area contributed by atoms with Crippen molar-refractivity contribution >= 4 is 5.96 Å². The quantitative estimate of drug-likeness (QED) is 0.831. The molecule has 0 radical (unpaired) electrons. The Morgan fingerprint density at radius 3 is 2.63 bits per heavy atom. The van der Waals surface area contributed by atoms with Gasteiger partial charge in [0.05, 0.1) is 12.1 Å². The fourth-order valence-corrected chi connectivity index (χ4v) is 4.68. The normalized spacial score (nSPS) is 36.5. The predicted octanol–water partition coefficient (Wildman–Crippen LogP) is 3.14. The minimum atomic E-state index is 0.284. The van der Waals surface area contributed by atoms with Crippen molar-refractivity contribution in [2.24, 2.45) is 22.6 Å². The van der Waals surface area contributed by atoms with Crippen molar-refractivity contribution in [3.63, 3.8) is 0 Å². The van der Waals surface area contributed by atoms with Crippen molar-refractivity contribution in [1.82, 2.24) is 4.90 Å². The van der Waals surface area contributed by atoms with E-state index in [1.165, 1.54) is 51.4 Å². The highest BCUT2D eigenvalue weighted by molar-refractivity contribution is 5.81. The summed E-state index contributed by atoms with van der Waals surface area (Å²) in [7, 11) is 0. The van der Waals surface area contributed by atoms with E-state index < -0.39 is 0 Å². The molecule has 2 aliphatic carbocycles. The van der Waals surface area contributed by atoms with Crippen LogP contribution in [-0.4, -0.2) is 29.0 Å². The van der Waals surface area contributed by atoms with Gasteiger partial charge < -0.3 is 10.6 Å². The molecule has 3 aliphatic rings. The van der Waals surface area contributed by atoms with E-state index in [0.29, 0.717) is 6.04 Å². The summed E-state index contributed by atoms with van der Waals surface area (Å²) >= 11 is 0. The molecule has 0 bridgehead atoms. The van der Waals surface area contributed by atoms with Crippen LogP contribution in [0.2, 0.25) is 0 Å². The molecule has 0 aromatic rings. The number of hydrogen-bond acceptors (Lipinski definition) is 3. The average Bonchev–Trinajstić information content (AvgIpc) is 2.99. The standard InChI is InChI=1S/C16H29N3/c1-12(2)13-6-5-9-16(10-13)11-18-15(17)19(16)14-7-3-4-8-14/h12-14H,3-11H2,1-2H3,(H2,17,18). The van der Waals surface area contributed by atoms with Crippen LogP contribution in [0.4, 0.5) is 0 Å². The molecular formula is C16H29N3. The van der Waals surface area contributed by atoms with Crippen LogP contribution in [0.15, 0.2) is 4.99 Å². The van der Waals surface area contributed by atoms with E-state index in [1.807, 2.05) is 0 Å². The van der Waals surface area contributed by atoms with Crippen LogP contribution < -0.4 is 5.73 Å². The van der Waals surface area contributed by atoms with Crippen molar-refractivity contribution in [2.45, 2.75) is 76.8 Å². The first kappa shape index (κ1) is 13.3. The summed E-state index contributed by atoms with van der Waals surface area (Å²) in [6, 6.07) is 0.678. The Labute approximate surface area is 117 Å². The Balaban J connectivity index is 1.81. The fourth-order valence-electron chi connectivity index (χ4n) is 4.68. The number of hydrogen-bond donors (Lipinski definition) is 1. The van der Waals surface area contributed by atoms with Crippen LogP contribution in [0.25, 0.3) is 0 Å². The van der Waals surface area contributed by atoms with Crippen LogP contribution in [-0.2, 0) is 0 Å². The van der Waals surface area contributed by atoms with E-state index in [-0.39, 0.29) is 5.54 Å². The summed E-state index contributed by atoms with van der Waals surface area (Å²) < 4.78 is 0. The fraction of sp³-hybridized carbons (Fsp3) is 0.938. The molecule has 2 saturated carbocycles. The first-order valence-corrected chi connectivity index (χ1v) is 8.22. The van der Waals surface area contributed by atoms with Gasteiger partial charge in [0, 0.05) is 6.04 Å². The summed E-state index contributed by atoms with van der Waals surface area (Å²) in [5.41, 5.74) is 6.55. The average molecular weight is 263 g/mol. The molecule has 0 saturated heterocycles. The van der Waals surface area contributed by atoms with Gasteiger partial charge in [-0.3, -0.25) is 4.99 Å². The number of nitrogens with zero attached hydrogens (tertiary/aromatic N) is 2. The highest BCUT2D eigenvalue weighted by Gasteiger charge is 2.48. The Kier molecular flexibility index (Phi) is 3.48. The largest absolute Gasteiger partial charge is 0.370 e. The van der Waals surface area contributed by atoms with Gasteiger partial charge in [-0.2, -0.15) is 0 Å². The van der Waals surface area contributed by atoms with Gasteiger partial charge in [0.15, 0.2) is 5.96 Å². The van der Waals surface area contributed by atoms with Crippen molar-refractivity contribution in [3.8, 4) is 0 Å². The molecule has 1 spiro atoms. The van der Waals surface area contributed by atoms with Gasteiger partial charge in [0.25, 0.3) is 0 Å². The molecule has 0 amide bonds. The molecule has 3 nitrogen and oxygen atoms in total. The van der Waals surface area contributed by atoms with Crippen LogP contribution in [0, 0.1) is 11.8 Å². The van der Waals surface area contributed by atoms with Gasteiger partial charge in [0.2, 0.25) is 0 Å². The minimum absolute atomic E-state index is 0.284.